The number of hydrogen-bond donors (Lipinski definition) is 1. The Bertz CT molecular complexity index is 704. The number of rotatable bonds is 7. The Morgan fingerprint density at radius 3 is 2.80 bits per heavy atom. The molecule has 2 rings (SSSR count). The van der Waals surface area contributed by atoms with E-state index in [1.165, 1.54) is 11.3 Å². The van der Waals surface area contributed by atoms with Gasteiger partial charge in [-0.05, 0) is 18.4 Å². The highest BCUT2D eigenvalue weighted by Crippen LogP contribution is 2.24. The highest BCUT2D eigenvalue weighted by atomic mass is 32.2. The summed E-state index contributed by atoms with van der Waals surface area (Å²) in [4.78, 5) is 26.2. The van der Waals surface area contributed by atoms with Crippen LogP contribution in [0, 0.1) is 0 Å². The topological polar surface area (TPSA) is 104 Å². The summed E-state index contributed by atoms with van der Waals surface area (Å²) in [6.07, 6.45) is 0.405. The largest absolute Gasteiger partial charge is 0.480 e. The van der Waals surface area contributed by atoms with Crippen LogP contribution in [0.1, 0.15) is 17.7 Å². The lowest BCUT2D eigenvalue weighted by Gasteiger charge is -2.36. The van der Waals surface area contributed by atoms with E-state index in [0.29, 0.717) is 6.54 Å². The molecule has 1 saturated heterocycles. The van der Waals surface area contributed by atoms with Crippen molar-refractivity contribution < 1.29 is 27.9 Å². The summed E-state index contributed by atoms with van der Waals surface area (Å²) in [6, 6.07) is 3.80. The zero-order chi connectivity index (χ0) is 18.6. The fourth-order valence-corrected chi connectivity index (χ4v) is 4.22. The Balaban J connectivity index is 2.02. The number of thiophene rings is 1. The van der Waals surface area contributed by atoms with Crippen LogP contribution in [0.2, 0.25) is 0 Å². The number of sulfonamides is 1. The molecule has 10 heteroatoms. The maximum atomic E-state index is 12.7. The molecule has 1 amide bonds. The van der Waals surface area contributed by atoms with Gasteiger partial charge in [-0.2, -0.15) is 4.31 Å². The second kappa shape index (κ2) is 8.26. The van der Waals surface area contributed by atoms with Gasteiger partial charge in [0.1, 0.15) is 6.54 Å². The van der Waals surface area contributed by atoms with E-state index in [9.17, 15) is 18.0 Å². The number of hydrogen-bond acceptors (Lipinski definition) is 6. The number of nitrogens with zero attached hydrogens (tertiary/aromatic N) is 2. The van der Waals surface area contributed by atoms with Crippen LogP contribution in [-0.4, -0.2) is 79.8 Å². The van der Waals surface area contributed by atoms with Gasteiger partial charge in [-0.3, -0.25) is 9.59 Å². The van der Waals surface area contributed by atoms with Crippen molar-refractivity contribution in [1.82, 2.24) is 9.21 Å². The molecule has 1 fully saturated rings. The van der Waals surface area contributed by atoms with Crippen molar-refractivity contribution in [2.45, 2.75) is 18.9 Å². The smallest absolute Gasteiger partial charge is 0.318 e. The molecule has 140 valence electrons. The maximum absolute atomic E-state index is 12.7. The van der Waals surface area contributed by atoms with Crippen LogP contribution < -0.4 is 0 Å². The van der Waals surface area contributed by atoms with Crippen LogP contribution in [0.3, 0.4) is 0 Å². The quantitative estimate of drug-likeness (QED) is 0.724. The first-order chi connectivity index (χ1) is 11.7. The zero-order valence-corrected chi connectivity index (χ0v) is 15.8. The van der Waals surface area contributed by atoms with Gasteiger partial charge in [0, 0.05) is 24.5 Å². The minimum absolute atomic E-state index is 0.0418. The van der Waals surface area contributed by atoms with Crippen LogP contribution in [0.4, 0.5) is 0 Å². The van der Waals surface area contributed by atoms with Gasteiger partial charge in [-0.25, -0.2) is 8.42 Å². The lowest BCUT2D eigenvalue weighted by atomic mass is 10.1. The summed E-state index contributed by atoms with van der Waals surface area (Å²) >= 11 is 1.51. The number of amides is 1. The first-order valence-electron chi connectivity index (χ1n) is 7.79. The molecule has 1 aliphatic heterocycles. The van der Waals surface area contributed by atoms with Gasteiger partial charge in [0.05, 0.1) is 24.9 Å². The van der Waals surface area contributed by atoms with E-state index < -0.39 is 28.6 Å². The molecule has 2 unspecified atom stereocenters. The van der Waals surface area contributed by atoms with Gasteiger partial charge >= 0.3 is 5.97 Å². The van der Waals surface area contributed by atoms with Crippen molar-refractivity contribution in [1.29, 1.82) is 0 Å². The first-order valence-corrected chi connectivity index (χ1v) is 10.5. The number of aliphatic carboxylic acids is 1. The molecule has 0 aliphatic carbocycles. The predicted molar refractivity (Wildman–Crippen MR) is 93.1 cm³/mol. The molecular weight excluding hydrogens is 368 g/mol. The summed E-state index contributed by atoms with van der Waals surface area (Å²) in [6.45, 7) is 2.08. The van der Waals surface area contributed by atoms with Gasteiger partial charge in [0.25, 0.3) is 0 Å². The summed E-state index contributed by atoms with van der Waals surface area (Å²) < 4.78 is 29.9. The Morgan fingerprint density at radius 2 is 2.24 bits per heavy atom. The number of carbonyl (C=O) groups excluding carboxylic acids is 1. The van der Waals surface area contributed by atoms with E-state index in [0.717, 1.165) is 15.4 Å². The summed E-state index contributed by atoms with van der Waals surface area (Å²) in [5.41, 5.74) is 0. The standard InChI is InChI=1S/C15H22N2O6S2/c1-11(13-4-3-7-24-13)15(20)16-5-6-23-12(8-16)9-17(10-14(18)19)25(2,21)22/h3-4,7,11-12H,5-6,8-10H2,1-2H3,(H,18,19). The third-order valence-corrected chi connectivity index (χ3v) is 6.25. The van der Waals surface area contributed by atoms with Crippen LogP contribution >= 0.6 is 11.3 Å². The lowest BCUT2D eigenvalue weighted by molar-refractivity contribution is -0.142. The van der Waals surface area contributed by atoms with Gasteiger partial charge < -0.3 is 14.7 Å². The monoisotopic (exact) mass is 390 g/mol. The van der Waals surface area contributed by atoms with Gasteiger partial charge in [0.15, 0.2) is 0 Å². The molecule has 25 heavy (non-hydrogen) atoms. The fraction of sp³-hybridized carbons (Fsp3) is 0.600. The summed E-state index contributed by atoms with van der Waals surface area (Å²) in [7, 11) is -3.68. The highest BCUT2D eigenvalue weighted by Gasteiger charge is 2.31. The molecule has 2 atom stereocenters. The first kappa shape index (κ1) is 19.8. The molecule has 0 radical (unpaired) electrons. The minimum Gasteiger partial charge on any atom is -0.480 e. The summed E-state index contributed by atoms with van der Waals surface area (Å²) in [5, 5.41) is 10.8. The number of carboxylic acid groups (broad SMARTS) is 1. The lowest BCUT2D eigenvalue weighted by Crippen LogP contribution is -2.51. The Hall–Kier alpha value is -1.49. The Kier molecular flexibility index (Phi) is 6.55. The van der Waals surface area contributed by atoms with Gasteiger partial charge in [-0.1, -0.05) is 6.07 Å². The average molecular weight is 390 g/mol. The van der Waals surface area contributed by atoms with E-state index in [1.54, 1.807) is 4.90 Å². The maximum Gasteiger partial charge on any atom is 0.318 e. The van der Waals surface area contributed by atoms with E-state index in [2.05, 4.69) is 0 Å². The van der Waals surface area contributed by atoms with Crippen LogP contribution in [0.5, 0.6) is 0 Å². The van der Waals surface area contributed by atoms with Gasteiger partial charge in [0.2, 0.25) is 15.9 Å². The predicted octanol–water partition coefficient (Wildman–Crippen LogP) is 0.425. The number of ether oxygens (including phenoxy) is 1. The Labute approximate surface area is 151 Å². The normalized spacial score (nSPS) is 19.8. The number of carboxylic acids is 1. The number of morpholine rings is 1. The molecule has 0 spiro atoms. The highest BCUT2D eigenvalue weighted by molar-refractivity contribution is 7.88. The summed E-state index contributed by atoms with van der Waals surface area (Å²) in [5.74, 6) is -1.55. The van der Waals surface area contributed by atoms with E-state index >= 15 is 0 Å². The molecule has 0 bridgehead atoms. The van der Waals surface area contributed by atoms with Crippen LogP contribution in [-0.2, 0) is 24.3 Å². The molecule has 0 aromatic carbocycles. The molecular formula is C15H22N2O6S2. The van der Waals surface area contributed by atoms with Crippen molar-refractivity contribution in [2.75, 3.05) is 39.0 Å². The van der Waals surface area contributed by atoms with Crippen molar-refractivity contribution in [3.8, 4) is 0 Å². The molecule has 2 heterocycles. The Morgan fingerprint density at radius 1 is 1.52 bits per heavy atom. The molecule has 1 aliphatic rings. The van der Waals surface area contributed by atoms with E-state index in [1.807, 2.05) is 24.4 Å². The third kappa shape index (κ3) is 5.50. The van der Waals surface area contributed by atoms with Crippen molar-refractivity contribution in [3.05, 3.63) is 22.4 Å². The van der Waals surface area contributed by atoms with Crippen molar-refractivity contribution >= 4 is 33.2 Å². The second-order valence-electron chi connectivity index (χ2n) is 5.96. The SMILES string of the molecule is CC(C(=O)N1CCOC(CN(CC(=O)O)S(C)(=O)=O)C1)c1cccs1. The molecule has 1 N–H and O–H groups in total. The number of carbonyl (C=O) groups is 2. The molecule has 1 aromatic rings. The average Bonchev–Trinajstić information content (AvgIpc) is 3.06. The fourth-order valence-electron chi connectivity index (χ4n) is 2.66. The second-order valence-corrected chi connectivity index (χ2v) is 8.93. The van der Waals surface area contributed by atoms with Crippen LogP contribution in [0.15, 0.2) is 17.5 Å². The van der Waals surface area contributed by atoms with Crippen molar-refractivity contribution in [2.24, 2.45) is 0 Å². The molecule has 1 aromatic heterocycles. The molecule has 8 nitrogen and oxygen atoms in total. The van der Waals surface area contributed by atoms with E-state index in [-0.39, 0.29) is 31.5 Å². The minimum atomic E-state index is -3.68. The third-order valence-electron chi connectivity index (χ3n) is 3.98. The van der Waals surface area contributed by atoms with Crippen molar-refractivity contribution in [3.63, 3.8) is 0 Å². The molecule has 0 saturated carbocycles. The van der Waals surface area contributed by atoms with E-state index in [4.69, 9.17) is 9.84 Å². The van der Waals surface area contributed by atoms with Crippen LogP contribution in [0.25, 0.3) is 0 Å². The van der Waals surface area contributed by atoms with Gasteiger partial charge in [-0.15, -0.1) is 11.3 Å². The zero-order valence-electron chi connectivity index (χ0n) is 14.1.